The minimum absolute atomic E-state index is 0.00792. The summed E-state index contributed by atoms with van der Waals surface area (Å²) in [6.45, 7) is -0.421. The molecule has 10 nitrogen and oxygen atoms in total. The molecule has 3 heterocycles. The van der Waals surface area contributed by atoms with Crippen LogP contribution in [0.4, 0.5) is 22.0 Å². The van der Waals surface area contributed by atoms with Gasteiger partial charge in [0, 0.05) is 30.6 Å². The molecule has 1 saturated carbocycles. The average molecular weight is 499 g/mol. The molecule has 11 heteroatoms. The van der Waals surface area contributed by atoms with E-state index in [1.807, 2.05) is 6.07 Å². The summed E-state index contributed by atoms with van der Waals surface area (Å²) in [7, 11) is 1.78. The van der Waals surface area contributed by atoms with Gasteiger partial charge >= 0.3 is 0 Å². The van der Waals surface area contributed by atoms with Crippen LogP contribution in [0.25, 0.3) is 27.8 Å². The maximum Gasteiger partial charge on any atom is 0.265 e. The standard InChI is InChI=1S/C26H23FN8O2/c1-34-12-17(11-29-34)30-26-32-23(31-25(28)33-26)18-3-2-4-21(19(18)13-36)35-8-7-15-9-16(14-5-6-14)10-20(27)22(15)24(35)37/h2-4,7-12,14,36H,5-6,13H2,1H3,(H3,28,30,31,32,33). The number of hydrogen-bond acceptors (Lipinski definition) is 8. The molecule has 0 unspecified atom stereocenters. The van der Waals surface area contributed by atoms with Crippen LogP contribution in [-0.2, 0) is 13.7 Å². The zero-order valence-electron chi connectivity index (χ0n) is 19.9. The van der Waals surface area contributed by atoms with E-state index in [4.69, 9.17) is 5.73 Å². The highest BCUT2D eigenvalue weighted by Gasteiger charge is 2.25. The number of nitrogens with one attached hydrogen (secondary N) is 1. The molecule has 186 valence electrons. The fraction of sp³-hybridized carbons (Fsp3) is 0.192. The van der Waals surface area contributed by atoms with Crippen molar-refractivity contribution in [3.63, 3.8) is 0 Å². The summed E-state index contributed by atoms with van der Waals surface area (Å²) < 4.78 is 18.0. The van der Waals surface area contributed by atoms with Gasteiger partial charge in [0.2, 0.25) is 11.9 Å². The van der Waals surface area contributed by atoms with Gasteiger partial charge in [-0.05, 0) is 47.9 Å². The summed E-state index contributed by atoms with van der Waals surface area (Å²) in [6.07, 6.45) is 7.03. The van der Waals surface area contributed by atoms with Crippen LogP contribution in [0.15, 0.2) is 59.8 Å². The van der Waals surface area contributed by atoms with E-state index in [9.17, 15) is 9.90 Å². The Labute approximate surface area is 210 Å². The number of nitrogens with zero attached hydrogens (tertiary/aromatic N) is 6. The molecule has 37 heavy (non-hydrogen) atoms. The number of anilines is 3. The average Bonchev–Trinajstić information content (AvgIpc) is 3.65. The molecule has 5 aromatic rings. The van der Waals surface area contributed by atoms with E-state index in [1.165, 1.54) is 10.6 Å². The Bertz CT molecular complexity index is 1720. The van der Waals surface area contributed by atoms with Gasteiger partial charge in [0.15, 0.2) is 5.82 Å². The molecule has 0 aliphatic heterocycles. The fourth-order valence-electron chi connectivity index (χ4n) is 4.55. The van der Waals surface area contributed by atoms with Crippen LogP contribution in [0, 0.1) is 5.82 Å². The Kier molecular flexibility index (Phi) is 5.41. The Balaban J connectivity index is 1.46. The van der Waals surface area contributed by atoms with Crippen molar-refractivity contribution < 1.29 is 9.50 Å². The summed E-state index contributed by atoms with van der Waals surface area (Å²) >= 11 is 0. The Morgan fingerprint density at radius 1 is 1.19 bits per heavy atom. The third-order valence-corrected chi connectivity index (χ3v) is 6.45. The van der Waals surface area contributed by atoms with Crippen molar-refractivity contribution in [2.75, 3.05) is 11.1 Å². The normalized spacial score (nSPS) is 13.3. The Morgan fingerprint density at radius 2 is 2.03 bits per heavy atom. The number of halogens is 1. The van der Waals surface area contributed by atoms with Gasteiger partial charge in [-0.2, -0.15) is 20.1 Å². The second-order valence-corrected chi connectivity index (χ2v) is 9.06. The summed E-state index contributed by atoms with van der Waals surface area (Å²) in [5.41, 5.74) is 8.25. The number of benzene rings is 2. The molecule has 0 atom stereocenters. The summed E-state index contributed by atoms with van der Waals surface area (Å²) in [5, 5.41) is 18.0. The zero-order valence-corrected chi connectivity index (χ0v) is 19.9. The van der Waals surface area contributed by atoms with E-state index in [2.05, 4.69) is 25.4 Å². The molecule has 2 aromatic carbocycles. The topological polar surface area (TPSA) is 137 Å². The lowest BCUT2D eigenvalue weighted by Gasteiger charge is -2.16. The monoisotopic (exact) mass is 498 g/mol. The number of aliphatic hydroxyl groups is 1. The third-order valence-electron chi connectivity index (χ3n) is 6.45. The Hall–Kier alpha value is -4.64. The van der Waals surface area contributed by atoms with Crippen molar-refractivity contribution in [1.82, 2.24) is 29.3 Å². The highest BCUT2D eigenvalue weighted by atomic mass is 19.1. The summed E-state index contributed by atoms with van der Waals surface area (Å²) in [6, 6.07) is 10.2. The second-order valence-electron chi connectivity index (χ2n) is 9.06. The number of nitrogen functional groups attached to an aromatic ring is 1. The van der Waals surface area contributed by atoms with Crippen LogP contribution in [-0.4, -0.2) is 34.4 Å². The zero-order chi connectivity index (χ0) is 25.7. The van der Waals surface area contributed by atoms with Gasteiger partial charge in [0.25, 0.3) is 5.56 Å². The maximum atomic E-state index is 15.1. The number of fused-ring (bicyclic) bond motifs is 1. The predicted molar refractivity (Wildman–Crippen MR) is 137 cm³/mol. The number of hydrogen-bond donors (Lipinski definition) is 3. The lowest BCUT2D eigenvalue weighted by Crippen LogP contribution is -2.20. The first-order chi connectivity index (χ1) is 17.9. The SMILES string of the molecule is Cn1cc(Nc2nc(N)nc(-c3cccc(-n4ccc5cc(C6CC6)cc(F)c5c4=O)c3CO)n2)cn1. The van der Waals surface area contributed by atoms with E-state index in [0.717, 1.165) is 18.4 Å². The molecular formula is C26H23FN8O2. The van der Waals surface area contributed by atoms with Gasteiger partial charge in [-0.1, -0.05) is 18.2 Å². The number of aryl methyl sites for hydroxylation is 1. The largest absolute Gasteiger partial charge is 0.392 e. The minimum Gasteiger partial charge on any atom is -0.392 e. The number of aliphatic hydroxyl groups excluding tert-OH is 1. The van der Waals surface area contributed by atoms with Gasteiger partial charge < -0.3 is 16.2 Å². The van der Waals surface area contributed by atoms with Gasteiger partial charge in [-0.3, -0.25) is 14.0 Å². The van der Waals surface area contributed by atoms with Gasteiger partial charge in [0.1, 0.15) is 5.82 Å². The van der Waals surface area contributed by atoms with Gasteiger partial charge in [-0.25, -0.2) is 4.39 Å². The van der Waals surface area contributed by atoms with Crippen molar-refractivity contribution in [2.45, 2.75) is 25.4 Å². The molecule has 4 N–H and O–H groups in total. The molecular weight excluding hydrogens is 475 g/mol. The quantitative estimate of drug-likeness (QED) is 0.324. The van der Waals surface area contributed by atoms with Crippen LogP contribution >= 0.6 is 0 Å². The minimum atomic E-state index is -0.545. The maximum absolute atomic E-state index is 15.1. The number of aromatic nitrogens is 6. The first kappa shape index (κ1) is 22.8. The van der Waals surface area contributed by atoms with Gasteiger partial charge in [-0.15, -0.1) is 0 Å². The van der Waals surface area contributed by atoms with E-state index in [-0.39, 0.29) is 23.1 Å². The van der Waals surface area contributed by atoms with Crippen molar-refractivity contribution in [2.24, 2.45) is 7.05 Å². The van der Waals surface area contributed by atoms with Crippen molar-refractivity contribution in [3.8, 4) is 17.1 Å². The summed E-state index contributed by atoms with van der Waals surface area (Å²) in [5.74, 6) is 0.198. The Morgan fingerprint density at radius 3 is 2.76 bits per heavy atom. The van der Waals surface area contributed by atoms with Crippen LogP contribution < -0.4 is 16.6 Å². The van der Waals surface area contributed by atoms with E-state index < -0.39 is 18.0 Å². The highest BCUT2D eigenvalue weighted by Crippen LogP contribution is 2.41. The number of pyridine rings is 1. The fourth-order valence-corrected chi connectivity index (χ4v) is 4.55. The molecule has 1 aliphatic rings. The second kappa shape index (κ2) is 8.79. The van der Waals surface area contributed by atoms with Crippen LogP contribution in [0.3, 0.4) is 0 Å². The molecule has 1 fully saturated rings. The van der Waals surface area contributed by atoms with E-state index in [0.29, 0.717) is 33.8 Å². The van der Waals surface area contributed by atoms with Crippen molar-refractivity contribution in [3.05, 3.63) is 82.3 Å². The van der Waals surface area contributed by atoms with Gasteiger partial charge in [0.05, 0.1) is 29.6 Å². The number of rotatable bonds is 6. The molecule has 0 amide bonds. The van der Waals surface area contributed by atoms with Crippen LogP contribution in [0.2, 0.25) is 0 Å². The first-order valence-electron chi connectivity index (χ1n) is 11.8. The molecule has 6 rings (SSSR count). The lowest BCUT2D eigenvalue weighted by molar-refractivity contribution is 0.282. The van der Waals surface area contributed by atoms with E-state index >= 15 is 4.39 Å². The third kappa shape index (κ3) is 4.19. The molecule has 0 spiro atoms. The summed E-state index contributed by atoms with van der Waals surface area (Å²) in [4.78, 5) is 26.3. The molecule has 0 bridgehead atoms. The predicted octanol–water partition coefficient (Wildman–Crippen LogP) is 3.41. The molecule has 0 radical (unpaired) electrons. The van der Waals surface area contributed by atoms with Crippen molar-refractivity contribution in [1.29, 1.82) is 0 Å². The first-order valence-corrected chi connectivity index (χ1v) is 11.8. The highest BCUT2D eigenvalue weighted by molar-refractivity contribution is 5.83. The number of nitrogens with two attached hydrogens (primary N) is 1. The van der Waals surface area contributed by atoms with E-state index in [1.54, 1.807) is 54.6 Å². The molecule has 1 aliphatic carbocycles. The molecule has 3 aromatic heterocycles. The lowest BCUT2D eigenvalue weighted by atomic mass is 10.0. The smallest absolute Gasteiger partial charge is 0.265 e. The molecule has 0 saturated heterocycles. The van der Waals surface area contributed by atoms with Crippen molar-refractivity contribution >= 4 is 28.4 Å². The van der Waals surface area contributed by atoms with Crippen LogP contribution in [0.1, 0.15) is 29.9 Å². The van der Waals surface area contributed by atoms with Crippen LogP contribution in [0.5, 0.6) is 0 Å².